The number of carbonyl (C=O) groups is 1. The molecular formula is C13H20Cl2N4O2. The molecule has 0 aliphatic heterocycles. The zero-order chi connectivity index (χ0) is 15.8. The number of anilines is 2. The Hall–Kier alpha value is -1.24. The molecule has 1 heterocycles. The first-order valence-electron chi connectivity index (χ1n) is 6.62. The molecule has 118 valence electrons. The maximum absolute atomic E-state index is 11.9. The van der Waals surface area contributed by atoms with E-state index < -0.39 is 6.04 Å². The van der Waals surface area contributed by atoms with Gasteiger partial charge in [0.05, 0.1) is 16.7 Å². The van der Waals surface area contributed by atoms with E-state index in [-0.39, 0.29) is 5.91 Å². The van der Waals surface area contributed by atoms with Crippen LogP contribution in [0.25, 0.3) is 0 Å². The lowest BCUT2D eigenvalue weighted by Crippen LogP contribution is -2.39. The number of halogens is 2. The van der Waals surface area contributed by atoms with Crippen LogP contribution in [0, 0.1) is 0 Å². The highest BCUT2D eigenvalue weighted by molar-refractivity contribution is 6.37. The molecule has 1 atom stereocenters. The Kier molecular flexibility index (Phi) is 7.56. The van der Waals surface area contributed by atoms with Crippen molar-refractivity contribution in [3.8, 4) is 0 Å². The SMILES string of the molecule is CCNc1nc(NC(C)C(=O)NCCOC)c(Cl)cc1Cl. The van der Waals surface area contributed by atoms with Crippen LogP contribution in [-0.4, -0.2) is 43.7 Å². The van der Waals surface area contributed by atoms with Crippen molar-refractivity contribution >= 4 is 40.7 Å². The van der Waals surface area contributed by atoms with Crippen molar-refractivity contribution < 1.29 is 9.53 Å². The van der Waals surface area contributed by atoms with E-state index in [2.05, 4.69) is 20.9 Å². The molecule has 0 fully saturated rings. The monoisotopic (exact) mass is 334 g/mol. The molecule has 0 radical (unpaired) electrons. The molecule has 1 aromatic rings. The predicted molar refractivity (Wildman–Crippen MR) is 86.4 cm³/mol. The molecule has 8 heteroatoms. The molecule has 1 aromatic heterocycles. The van der Waals surface area contributed by atoms with E-state index in [1.165, 1.54) is 0 Å². The molecule has 0 spiro atoms. The van der Waals surface area contributed by atoms with E-state index in [0.717, 1.165) is 0 Å². The molecule has 1 amide bonds. The molecule has 21 heavy (non-hydrogen) atoms. The summed E-state index contributed by atoms with van der Waals surface area (Å²) in [7, 11) is 1.58. The van der Waals surface area contributed by atoms with Gasteiger partial charge in [0, 0.05) is 20.2 Å². The second-order valence-electron chi connectivity index (χ2n) is 4.33. The van der Waals surface area contributed by atoms with Gasteiger partial charge in [0.2, 0.25) is 5.91 Å². The van der Waals surface area contributed by atoms with E-state index in [0.29, 0.717) is 41.4 Å². The quantitative estimate of drug-likeness (QED) is 0.636. The van der Waals surface area contributed by atoms with Crippen LogP contribution in [0.3, 0.4) is 0 Å². The van der Waals surface area contributed by atoms with Gasteiger partial charge in [-0.2, -0.15) is 0 Å². The zero-order valence-electron chi connectivity index (χ0n) is 12.3. The molecule has 0 saturated carbocycles. The molecule has 1 rings (SSSR count). The molecule has 0 aliphatic carbocycles. The number of pyridine rings is 1. The summed E-state index contributed by atoms with van der Waals surface area (Å²) in [5.41, 5.74) is 0. The van der Waals surface area contributed by atoms with Gasteiger partial charge in [0.1, 0.15) is 17.7 Å². The van der Waals surface area contributed by atoms with Crippen molar-refractivity contribution in [2.75, 3.05) is 37.4 Å². The largest absolute Gasteiger partial charge is 0.383 e. The highest BCUT2D eigenvalue weighted by Crippen LogP contribution is 2.29. The number of amides is 1. The molecule has 6 nitrogen and oxygen atoms in total. The average molecular weight is 335 g/mol. The van der Waals surface area contributed by atoms with Crippen molar-refractivity contribution in [2.45, 2.75) is 19.9 Å². The van der Waals surface area contributed by atoms with Gasteiger partial charge in [-0.1, -0.05) is 23.2 Å². The van der Waals surface area contributed by atoms with Crippen molar-refractivity contribution in [2.24, 2.45) is 0 Å². The average Bonchev–Trinajstić information content (AvgIpc) is 2.44. The molecule has 0 saturated heterocycles. The number of rotatable bonds is 8. The number of methoxy groups -OCH3 is 1. The number of nitrogens with one attached hydrogen (secondary N) is 3. The number of carbonyl (C=O) groups excluding carboxylic acids is 1. The van der Waals surface area contributed by atoms with Gasteiger partial charge in [-0.05, 0) is 19.9 Å². The summed E-state index contributed by atoms with van der Waals surface area (Å²) in [6.07, 6.45) is 0. The topological polar surface area (TPSA) is 75.3 Å². The van der Waals surface area contributed by atoms with Gasteiger partial charge >= 0.3 is 0 Å². The fourth-order valence-corrected chi connectivity index (χ4v) is 2.04. The lowest BCUT2D eigenvalue weighted by molar-refractivity contribution is -0.121. The Bertz CT molecular complexity index is 485. The summed E-state index contributed by atoms with van der Waals surface area (Å²) < 4.78 is 4.87. The first-order valence-corrected chi connectivity index (χ1v) is 7.38. The van der Waals surface area contributed by atoms with Crippen molar-refractivity contribution in [1.82, 2.24) is 10.3 Å². The molecule has 3 N–H and O–H groups in total. The third-order valence-corrected chi connectivity index (χ3v) is 3.20. The van der Waals surface area contributed by atoms with Gasteiger partial charge in [-0.25, -0.2) is 4.98 Å². The van der Waals surface area contributed by atoms with Gasteiger partial charge in [0.15, 0.2) is 0 Å². The second-order valence-corrected chi connectivity index (χ2v) is 5.14. The maximum Gasteiger partial charge on any atom is 0.242 e. The lowest BCUT2D eigenvalue weighted by Gasteiger charge is -2.17. The van der Waals surface area contributed by atoms with Crippen LogP contribution in [0.1, 0.15) is 13.8 Å². The Morgan fingerprint density at radius 3 is 2.67 bits per heavy atom. The standard InChI is InChI=1S/C13H20Cl2N4O2/c1-4-16-11-9(14)7-10(15)12(19-11)18-8(2)13(20)17-5-6-21-3/h7-8H,4-6H2,1-3H3,(H,17,20)(H2,16,18,19). The summed E-state index contributed by atoms with van der Waals surface area (Å²) in [5.74, 6) is 0.773. The molecule has 0 bridgehead atoms. The number of hydrogen-bond donors (Lipinski definition) is 3. The highest BCUT2D eigenvalue weighted by Gasteiger charge is 2.16. The van der Waals surface area contributed by atoms with E-state index in [1.54, 1.807) is 20.1 Å². The summed E-state index contributed by atoms with van der Waals surface area (Å²) in [5, 5.41) is 9.53. The van der Waals surface area contributed by atoms with Crippen LogP contribution in [0.2, 0.25) is 10.0 Å². The molecule has 0 aromatic carbocycles. The van der Waals surface area contributed by atoms with Crippen molar-refractivity contribution in [3.05, 3.63) is 16.1 Å². The number of ether oxygens (including phenoxy) is 1. The summed E-state index contributed by atoms with van der Waals surface area (Å²) in [6, 6.07) is 1.11. The Morgan fingerprint density at radius 1 is 1.38 bits per heavy atom. The van der Waals surface area contributed by atoms with Crippen LogP contribution >= 0.6 is 23.2 Å². The summed E-state index contributed by atoms with van der Waals surface area (Å²) in [6.45, 7) is 5.25. The number of hydrogen-bond acceptors (Lipinski definition) is 5. The minimum atomic E-state index is -0.484. The van der Waals surface area contributed by atoms with Crippen LogP contribution in [-0.2, 0) is 9.53 Å². The third-order valence-electron chi connectivity index (χ3n) is 2.63. The highest BCUT2D eigenvalue weighted by atomic mass is 35.5. The predicted octanol–water partition coefficient (Wildman–Crippen LogP) is 2.38. The van der Waals surface area contributed by atoms with Gasteiger partial charge in [-0.15, -0.1) is 0 Å². The van der Waals surface area contributed by atoms with Crippen LogP contribution in [0.4, 0.5) is 11.6 Å². The summed E-state index contributed by atoms with van der Waals surface area (Å²) >= 11 is 12.1. The minimum Gasteiger partial charge on any atom is -0.383 e. The van der Waals surface area contributed by atoms with E-state index in [1.807, 2.05) is 6.92 Å². The van der Waals surface area contributed by atoms with Crippen molar-refractivity contribution in [1.29, 1.82) is 0 Å². The van der Waals surface area contributed by atoms with Crippen molar-refractivity contribution in [3.63, 3.8) is 0 Å². The van der Waals surface area contributed by atoms with Gasteiger partial charge in [0.25, 0.3) is 0 Å². The second kappa shape index (κ2) is 8.92. The fraction of sp³-hybridized carbons (Fsp3) is 0.538. The number of nitrogens with zero attached hydrogens (tertiary/aromatic N) is 1. The van der Waals surface area contributed by atoms with Crippen LogP contribution < -0.4 is 16.0 Å². The van der Waals surface area contributed by atoms with E-state index in [9.17, 15) is 4.79 Å². The van der Waals surface area contributed by atoms with E-state index in [4.69, 9.17) is 27.9 Å². The van der Waals surface area contributed by atoms with Gasteiger partial charge < -0.3 is 20.7 Å². The maximum atomic E-state index is 11.9. The Balaban J connectivity index is 2.72. The van der Waals surface area contributed by atoms with Crippen LogP contribution in [0.5, 0.6) is 0 Å². The number of aromatic nitrogens is 1. The Labute approximate surface area is 134 Å². The Morgan fingerprint density at radius 2 is 2.05 bits per heavy atom. The fourth-order valence-electron chi connectivity index (χ4n) is 1.56. The first-order chi connectivity index (χ1) is 9.99. The molecule has 0 aliphatic rings. The summed E-state index contributed by atoms with van der Waals surface area (Å²) in [4.78, 5) is 16.2. The molecule has 1 unspecified atom stereocenters. The normalized spacial score (nSPS) is 11.9. The minimum absolute atomic E-state index is 0.162. The first kappa shape index (κ1) is 17.8. The van der Waals surface area contributed by atoms with Gasteiger partial charge in [-0.3, -0.25) is 4.79 Å². The van der Waals surface area contributed by atoms with E-state index >= 15 is 0 Å². The molecular weight excluding hydrogens is 315 g/mol. The lowest BCUT2D eigenvalue weighted by atomic mass is 10.3. The van der Waals surface area contributed by atoms with Crippen LogP contribution in [0.15, 0.2) is 6.07 Å². The third kappa shape index (κ3) is 5.57. The smallest absolute Gasteiger partial charge is 0.242 e. The zero-order valence-corrected chi connectivity index (χ0v) is 13.8.